The fourth-order valence-corrected chi connectivity index (χ4v) is 1.38. The summed E-state index contributed by atoms with van der Waals surface area (Å²) in [5.74, 6) is 1.15. The van der Waals surface area contributed by atoms with E-state index in [1.165, 1.54) is 0 Å². The first-order chi connectivity index (χ1) is 6.72. The van der Waals surface area contributed by atoms with Gasteiger partial charge in [0.05, 0.1) is 6.04 Å². The van der Waals surface area contributed by atoms with Crippen molar-refractivity contribution in [2.24, 2.45) is 5.73 Å². The zero-order valence-electron chi connectivity index (χ0n) is 7.50. The molecule has 76 valence electrons. The average Bonchev–Trinajstić information content (AvgIpc) is 2.62. The third-order valence-corrected chi connectivity index (χ3v) is 2.14. The van der Waals surface area contributed by atoms with Crippen LogP contribution in [-0.2, 0) is 0 Å². The zero-order valence-corrected chi connectivity index (χ0v) is 7.50. The van der Waals surface area contributed by atoms with Crippen molar-refractivity contribution in [1.82, 2.24) is 0 Å². The van der Waals surface area contributed by atoms with Crippen LogP contribution in [0.5, 0.6) is 11.5 Å². The van der Waals surface area contributed by atoms with Crippen molar-refractivity contribution in [3.05, 3.63) is 17.7 Å². The van der Waals surface area contributed by atoms with Gasteiger partial charge in [0.25, 0.3) is 0 Å². The number of alkyl halides is 1. The maximum atomic E-state index is 12.4. The van der Waals surface area contributed by atoms with Gasteiger partial charge in [-0.25, -0.2) is 4.39 Å². The van der Waals surface area contributed by atoms with Crippen molar-refractivity contribution in [2.45, 2.75) is 6.04 Å². The third-order valence-electron chi connectivity index (χ3n) is 2.14. The molecule has 2 rings (SSSR count). The maximum Gasteiger partial charge on any atom is 0.231 e. The van der Waals surface area contributed by atoms with Crippen molar-refractivity contribution in [2.75, 3.05) is 19.2 Å². The smallest absolute Gasteiger partial charge is 0.231 e. The average molecular weight is 198 g/mol. The van der Waals surface area contributed by atoms with Crippen LogP contribution in [0.15, 0.2) is 12.1 Å². The number of anilines is 1. The topological polar surface area (TPSA) is 70.5 Å². The maximum absolute atomic E-state index is 12.4. The fourth-order valence-electron chi connectivity index (χ4n) is 1.38. The number of nitrogens with two attached hydrogens (primary N) is 2. The van der Waals surface area contributed by atoms with Gasteiger partial charge in [-0.3, -0.25) is 0 Å². The van der Waals surface area contributed by atoms with E-state index in [0.717, 1.165) is 0 Å². The van der Waals surface area contributed by atoms with Crippen molar-refractivity contribution in [1.29, 1.82) is 0 Å². The third kappa shape index (κ3) is 1.35. The number of hydrogen-bond donors (Lipinski definition) is 2. The quantitative estimate of drug-likeness (QED) is 0.694. The number of benzene rings is 1. The summed E-state index contributed by atoms with van der Waals surface area (Å²) in [6, 6.07) is 2.53. The van der Waals surface area contributed by atoms with E-state index in [9.17, 15) is 4.39 Å². The predicted molar refractivity (Wildman–Crippen MR) is 49.9 cm³/mol. The van der Waals surface area contributed by atoms with Crippen LogP contribution < -0.4 is 20.9 Å². The molecule has 1 aliphatic heterocycles. The minimum Gasteiger partial charge on any atom is -0.454 e. The summed E-state index contributed by atoms with van der Waals surface area (Å²) in [7, 11) is 0. The van der Waals surface area contributed by atoms with Gasteiger partial charge < -0.3 is 20.9 Å². The van der Waals surface area contributed by atoms with Gasteiger partial charge in [0.1, 0.15) is 6.67 Å². The highest BCUT2D eigenvalue weighted by Gasteiger charge is 2.18. The Hall–Kier alpha value is -1.49. The molecule has 0 saturated carbocycles. The molecule has 0 radical (unpaired) electrons. The molecule has 0 bridgehead atoms. The second-order valence-corrected chi connectivity index (χ2v) is 3.10. The Morgan fingerprint density at radius 1 is 1.36 bits per heavy atom. The molecular formula is C9H11FN2O2. The van der Waals surface area contributed by atoms with Crippen LogP contribution >= 0.6 is 0 Å². The Labute approximate surface area is 80.6 Å². The summed E-state index contributed by atoms with van der Waals surface area (Å²) in [5.41, 5.74) is 12.2. The van der Waals surface area contributed by atoms with Gasteiger partial charge in [0.2, 0.25) is 6.79 Å². The molecule has 1 aromatic carbocycles. The van der Waals surface area contributed by atoms with Gasteiger partial charge in [-0.05, 0) is 11.6 Å². The van der Waals surface area contributed by atoms with Crippen molar-refractivity contribution in [3.8, 4) is 11.5 Å². The first-order valence-electron chi connectivity index (χ1n) is 4.23. The molecule has 4 N–H and O–H groups in total. The highest BCUT2D eigenvalue weighted by molar-refractivity contribution is 5.59. The lowest BCUT2D eigenvalue weighted by atomic mass is 10.1. The van der Waals surface area contributed by atoms with E-state index in [0.29, 0.717) is 22.7 Å². The molecule has 0 amide bonds. The first kappa shape index (κ1) is 9.08. The normalized spacial score (nSPS) is 15.6. The summed E-state index contributed by atoms with van der Waals surface area (Å²) in [4.78, 5) is 0. The van der Waals surface area contributed by atoms with Gasteiger partial charge in [-0.2, -0.15) is 0 Å². The van der Waals surface area contributed by atoms with Gasteiger partial charge in [0, 0.05) is 11.8 Å². The number of rotatable bonds is 2. The second-order valence-electron chi connectivity index (χ2n) is 3.10. The fraction of sp³-hybridized carbons (Fsp3) is 0.333. The lowest BCUT2D eigenvalue weighted by Gasteiger charge is -2.11. The van der Waals surface area contributed by atoms with E-state index in [2.05, 4.69) is 0 Å². The molecule has 1 aromatic rings. The Morgan fingerprint density at radius 2 is 2.00 bits per heavy atom. The molecule has 1 aliphatic rings. The minimum absolute atomic E-state index is 0.170. The van der Waals surface area contributed by atoms with Crippen LogP contribution in [0.4, 0.5) is 10.1 Å². The van der Waals surface area contributed by atoms with E-state index in [1.54, 1.807) is 12.1 Å². The van der Waals surface area contributed by atoms with Crippen LogP contribution in [0.2, 0.25) is 0 Å². The number of nitrogen functional groups attached to an aromatic ring is 1. The first-order valence-corrected chi connectivity index (χ1v) is 4.23. The zero-order chi connectivity index (χ0) is 10.1. The SMILES string of the molecule is Nc1cc2c(cc1C(N)CF)OCO2. The molecule has 1 heterocycles. The van der Waals surface area contributed by atoms with Crippen molar-refractivity contribution >= 4 is 5.69 Å². The highest BCUT2D eigenvalue weighted by atomic mass is 19.1. The number of ether oxygens (including phenoxy) is 2. The van der Waals surface area contributed by atoms with Crippen LogP contribution in [0.3, 0.4) is 0 Å². The molecule has 14 heavy (non-hydrogen) atoms. The Kier molecular flexibility index (Phi) is 2.17. The van der Waals surface area contributed by atoms with Gasteiger partial charge in [-0.1, -0.05) is 0 Å². The Bertz CT molecular complexity index is 357. The largest absolute Gasteiger partial charge is 0.454 e. The Balaban J connectivity index is 2.42. The molecular weight excluding hydrogens is 187 g/mol. The van der Waals surface area contributed by atoms with Gasteiger partial charge in [0.15, 0.2) is 11.5 Å². The van der Waals surface area contributed by atoms with Crippen LogP contribution in [-0.4, -0.2) is 13.5 Å². The molecule has 0 fully saturated rings. The summed E-state index contributed by atoms with van der Waals surface area (Å²) < 4.78 is 22.6. The van der Waals surface area contributed by atoms with E-state index in [1.807, 2.05) is 0 Å². The minimum atomic E-state index is -0.704. The molecule has 4 nitrogen and oxygen atoms in total. The monoisotopic (exact) mass is 198 g/mol. The van der Waals surface area contributed by atoms with E-state index >= 15 is 0 Å². The lowest BCUT2D eigenvalue weighted by Crippen LogP contribution is -2.14. The van der Waals surface area contributed by atoms with Crippen LogP contribution in [0.25, 0.3) is 0 Å². The second kappa shape index (κ2) is 3.34. The number of hydrogen-bond acceptors (Lipinski definition) is 4. The Morgan fingerprint density at radius 3 is 2.64 bits per heavy atom. The summed E-state index contributed by atoms with van der Waals surface area (Å²) >= 11 is 0. The summed E-state index contributed by atoms with van der Waals surface area (Å²) in [6.45, 7) is -0.479. The van der Waals surface area contributed by atoms with Crippen LogP contribution in [0, 0.1) is 0 Å². The number of halogens is 1. The van der Waals surface area contributed by atoms with Gasteiger partial charge >= 0.3 is 0 Å². The predicted octanol–water partition coefficient (Wildman–Crippen LogP) is 0.967. The summed E-state index contributed by atoms with van der Waals surface area (Å²) in [5, 5.41) is 0. The molecule has 0 spiro atoms. The van der Waals surface area contributed by atoms with Crippen LogP contribution in [0.1, 0.15) is 11.6 Å². The lowest BCUT2D eigenvalue weighted by molar-refractivity contribution is 0.174. The van der Waals surface area contributed by atoms with Gasteiger partial charge in [-0.15, -0.1) is 0 Å². The standard InChI is InChI=1S/C9H11FN2O2/c10-3-7(12)5-1-8-9(2-6(5)11)14-4-13-8/h1-2,7H,3-4,11-12H2. The van der Waals surface area contributed by atoms with E-state index < -0.39 is 12.7 Å². The highest BCUT2D eigenvalue weighted by Crippen LogP contribution is 2.37. The van der Waals surface area contributed by atoms with Crippen molar-refractivity contribution in [3.63, 3.8) is 0 Å². The summed E-state index contributed by atoms with van der Waals surface area (Å²) in [6.07, 6.45) is 0. The van der Waals surface area contributed by atoms with E-state index in [-0.39, 0.29) is 6.79 Å². The molecule has 1 unspecified atom stereocenters. The molecule has 5 heteroatoms. The molecule has 0 aromatic heterocycles. The van der Waals surface area contributed by atoms with Crippen molar-refractivity contribution < 1.29 is 13.9 Å². The molecule has 0 aliphatic carbocycles. The molecule has 0 saturated heterocycles. The number of fused-ring (bicyclic) bond motifs is 1. The van der Waals surface area contributed by atoms with E-state index in [4.69, 9.17) is 20.9 Å². The molecule has 1 atom stereocenters.